The van der Waals surface area contributed by atoms with E-state index in [2.05, 4.69) is 60.8 Å². The van der Waals surface area contributed by atoms with E-state index in [9.17, 15) is 24.3 Å². The molecule has 1 aromatic carbocycles. The largest absolute Gasteiger partial charge is 0.497 e. The zero-order valence-electron chi connectivity index (χ0n) is 33.8. The molecule has 0 bridgehead atoms. The number of imidazole rings is 2. The molecule has 6 heterocycles. The van der Waals surface area contributed by atoms with Crippen molar-refractivity contribution in [2.45, 2.75) is 44.3 Å². The maximum absolute atomic E-state index is 12.8. The third kappa shape index (κ3) is 9.02. The van der Waals surface area contributed by atoms with Crippen LogP contribution in [-0.2, 0) is 6.54 Å². The summed E-state index contributed by atoms with van der Waals surface area (Å²) in [7, 11) is 6.85. The van der Waals surface area contributed by atoms with Gasteiger partial charge in [0.25, 0.3) is 17.7 Å². The van der Waals surface area contributed by atoms with E-state index in [0.717, 1.165) is 48.5 Å². The standard InChI is InChI=1S/C23H23N7O4S.C16H18N8O2S/c1-29(11-13-3-7-15(34-2)8-4-13)17-9-19(26-16-12-35-28-20(16)23(32)33)27-30-18(10-24-21(17)30)22(31)25-14-5-6-14;1-17-9-5-12(21-10-7-27-23-13(10)16(26)18-2)22-24-11(6-19-14(9)24)15(25)20-8-3-4-8/h3-4,7-10,12,14H,5-6,11H2,1-2H3,(H,25,31)(H,26,27)(H,32,33);5-8,17H,3-4H2,1-2H3,(H,18,26)(H,20,25)(H,21,22). The van der Waals surface area contributed by atoms with Crippen LogP contribution < -0.4 is 41.5 Å². The van der Waals surface area contributed by atoms with Gasteiger partial charge in [0, 0.05) is 62.7 Å². The van der Waals surface area contributed by atoms with E-state index in [1.54, 1.807) is 44.1 Å². The van der Waals surface area contributed by atoms with Crippen molar-refractivity contribution < 1.29 is 29.0 Å². The average molecular weight is 880 g/mol. The SMILES string of the molecule is CNC(=O)c1nscc1Nc1cc(NC)c2ncc(C(=O)NC3CC3)n2n1.COc1ccc(CN(C)c2cc(Nc3csnc3C(=O)O)nn3c(C(=O)NC4CC4)cnc23)cc1. The van der Waals surface area contributed by atoms with E-state index >= 15 is 0 Å². The van der Waals surface area contributed by atoms with Crippen LogP contribution in [0.3, 0.4) is 0 Å². The molecule has 23 heteroatoms. The first-order chi connectivity index (χ1) is 30.0. The van der Waals surface area contributed by atoms with Crippen molar-refractivity contribution in [2.75, 3.05) is 49.1 Å². The molecule has 0 aliphatic heterocycles. The van der Waals surface area contributed by atoms with Crippen LogP contribution in [0.25, 0.3) is 11.3 Å². The van der Waals surface area contributed by atoms with Gasteiger partial charge in [-0.25, -0.2) is 23.8 Å². The van der Waals surface area contributed by atoms with Gasteiger partial charge in [-0.15, -0.1) is 10.2 Å². The number of aromatic nitrogens is 8. The van der Waals surface area contributed by atoms with E-state index < -0.39 is 5.97 Å². The van der Waals surface area contributed by atoms with Gasteiger partial charge >= 0.3 is 5.97 Å². The van der Waals surface area contributed by atoms with Crippen LogP contribution in [0.1, 0.15) is 73.2 Å². The molecule has 0 saturated heterocycles. The Morgan fingerprint density at radius 3 is 1.87 bits per heavy atom. The number of hydrogen-bond donors (Lipinski definition) is 7. The minimum Gasteiger partial charge on any atom is -0.497 e. The third-order valence-corrected chi connectivity index (χ3v) is 11.0. The maximum atomic E-state index is 12.8. The summed E-state index contributed by atoms with van der Waals surface area (Å²) in [6.45, 7) is 0.556. The lowest BCUT2D eigenvalue weighted by molar-refractivity contribution is 0.0692. The minimum absolute atomic E-state index is 0.0950. The molecule has 2 aliphatic rings. The van der Waals surface area contributed by atoms with Gasteiger partial charge in [0.15, 0.2) is 45.7 Å². The smallest absolute Gasteiger partial charge is 0.357 e. The topological polar surface area (TPSA) is 259 Å². The Balaban J connectivity index is 0.000000176. The van der Waals surface area contributed by atoms with Crippen LogP contribution in [0, 0.1) is 0 Å². The second-order valence-corrected chi connectivity index (χ2v) is 15.6. The number of carbonyl (C=O) groups excluding carboxylic acids is 3. The first kappa shape index (κ1) is 41.3. The van der Waals surface area contributed by atoms with Crippen LogP contribution in [-0.4, -0.2) is 107 Å². The minimum atomic E-state index is -1.14. The van der Waals surface area contributed by atoms with Gasteiger partial charge in [0.05, 0.1) is 42.3 Å². The number of carboxylic acid groups (broad SMARTS) is 1. The second kappa shape index (κ2) is 17.7. The molecule has 2 fully saturated rings. The Morgan fingerprint density at radius 2 is 1.32 bits per heavy atom. The number of carboxylic acids is 1. The Hall–Kier alpha value is -7.40. The Bertz CT molecular complexity index is 2790. The molecule has 0 radical (unpaired) electrons. The Kier molecular flexibility index (Phi) is 11.8. The number of benzene rings is 1. The summed E-state index contributed by atoms with van der Waals surface area (Å²) in [6.07, 6.45) is 6.93. The predicted molar refractivity (Wildman–Crippen MR) is 233 cm³/mol. The summed E-state index contributed by atoms with van der Waals surface area (Å²) in [4.78, 5) is 59.5. The highest BCUT2D eigenvalue weighted by atomic mass is 32.1. The highest BCUT2D eigenvalue weighted by Crippen LogP contribution is 2.30. The fourth-order valence-electron chi connectivity index (χ4n) is 6.24. The molecule has 7 N–H and O–H groups in total. The number of carbonyl (C=O) groups is 4. The number of aromatic carboxylic acids is 1. The van der Waals surface area contributed by atoms with Gasteiger partial charge in [-0.3, -0.25) is 14.4 Å². The van der Waals surface area contributed by atoms with Gasteiger partial charge in [-0.05, 0) is 66.4 Å². The molecule has 6 aromatic heterocycles. The lowest BCUT2D eigenvalue weighted by atomic mass is 10.2. The van der Waals surface area contributed by atoms with Gasteiger partial charge < -0.3 is 46.6 Å². The number of fused-ring (bicyclic) bond motifs is 2. The van der Waals surface area contributed by atoms with Crippen molar-refractivity contribution in [1.82, 2.24) is 53.9 Å². The van der Waals surface area contributed by atoms with Crippen molar-refractivity contribution >= 4 is 92.4 Å². The van der Waals surface area contributed by atoms with Gasteiger partial charge in [-0.1, -0.05) is 12.1 Å². The van der Waals surface area contributed by atoms with E-state index in [0.29, 0.717) is 63.6 Å². The lowest BCUT2D eigenvalue weighted by Gasteiger charge is -2.21. The van der Waals surface area contributed by atoms with Crippen LogP contribution in [0.2, 0.25) is 0 Å². The molecule has 0 unspecified atom stereocenters. The summed E-state index contributed by atoms with van der Waals surface area (Å²) in [5.74, 6) is -0.310. The van der Waals surface area contributed by atoms with Crippen molar-refractivity contribution in [3.63, 3.8) is 0 Å². The number of nitrogens with zero attached hydrogens (tertiary/aromatic N) is 9. The summed E-state index contributed by atoms with van der Waals surface area (Å²) in [5, 5.41) is 39.4. The van der Waals surface area contributed by atoms with Crippen LogP contribution >= 0.6 is 23.1 Å². The molecule has 2 saturated carbocycles. The quantitative estimate of drug-likeness (QED) is 0.0754. The maximum Gasteiger partial charge on any atom is 0.357 e. The molecule has 320 valence electrons. The van der Waals surface area contributed by atoms with Crippen LogP contribution in [0.5, 0.6) is 5.75 Å². The van der Waals surface area contributed by atoms with Crippen molar-refractivity contribution in [3.8, 4) is 5.75 Å². The molecule has 2 aliphatic carbocycles. The number of anilines is 6. The number of ether oxygens (including phenoxy) is 1. The molecule has 0 spiro atoms. The fourth-order valence-corrected chi connectivity index (χ4v) is 7.47. The van der Waals surface area contributed by atoms with Crippen molar-refractivity contribution in [3.05, 3.63) is 87.9 Å². The monoisotopic (exact) mass is 879 g/mol. The number of amides is 3. The molecule has 0 atom stereocenters. The van der Waals surface area contributed by atoms with Crippen LogP contribution in [0.15, 0.2) is 59.6 Å². The fraction of sp³-hybridized carbons (Fsp3) is 0.282. The Labute approximate surface area is 361 Å². The summed E-state index contributed by atoms with van der Waals surface area (Å²) < 4.78 is 16.2. The number of nitrogens with one attached hydrogen (secondary N) is 6. The number of methoxy groups -OCH3 is 1. The third-order valence-electron chi connectivity index (χ3n) is 9.78. The summed E-state index contributed by atoms with van der Waals surface area (Å²) in [5.41, 5.74) is 5.21. The molecule has 3 amide bonds. The van der Waals surface area contributed by atoms with Gasteiger partial charge in [0.1, 0.15) is 5.75 Å². The van der Waals surface area contributed by atoms with Crippen molar-refractivity contribution in [1.29, 1.82) is 0 Å². The van der Waals surface area contributed by atoms with Crippen LogP contribution in [0.4, 0.5) is 34.4 Å². The number of rotatable bonds is 15. The first-order valence-electron chi connectivity index (χ1n) is 19.3. The molecule has 21 nitrogen and oxygen atoms in total. The first-order valence-corrected chi connectivity index (χ1v) is 21.0. The van der Waals surface area contributed by atoms with E-state index in [-0.39, 0.29) is 41.2 Å². The molecule has 9 rings (SSSR count). The molecule has 7 aromatic rings. The summed E-state index contributed by atoms with van der Waals surface area (Å²) in [6, 6.07) is 11.7. The molecule has 62 heavy (non-hydrogen) atoms. The average Bonchev–Trinajstić information content (AvgIpc) is 4.00. The summed E-state index contributed by atoms with van der Waals surface area (Å²) >= 11 is 2.20. The predicted octanol–water partition coefficient (Wildman–Crippen LogP) is 4.39. The zero-order valence-corrected chi connectivity index (χ0v) is 35.4. The van der Waals surface area contributed by atoms with E-state index in [1.807, 2.05) is 36.2 Å². The van der Waals surface area contributed by atoms with E-state index in [1.165, 1.54) is 33.0 Å². The lowest BCUT2D eigenvalue weighted by Crippen LogP contribution is -2.27. The number of hydrogen-bond acceptors (Lipinski definition) is 17. The highest BCUT2D eigenvalue weighted by Gasteiger charge is 2.28. The molecular formula is C39H41N15O6S2. The normalized spacial score (nSPS) is 13.2. The zero-order chi connectivity index (χ0) is 43.5. The Morgan fingerprint density at radius 1 is 0.774 bits per heavy atom. The highest BCUT2D eigenvalue weighted by molar-refractivity contribution is 7.04. The second-order valence-electron chi connectivity index (χ2n) is 14.4. The van der Waals surface area contributed by atoms with Gasteiger partial charge in [-0.2, -0.15) is 8.75 Å². The van der Waals surface area contributed by atoms with Crippen molar-refractivity contribution in [2.24, 2.45) is 0 Å². The molecular weight excluding hydrogens is 839 g/mol. The van der Waals surface area contributed by atoms with Gasteiger partial charge in [0.2, 0.25) is 0 Å². The van der Waals surface area contributed by atoms with E-state index in [4.69, 9.17) is 4.74 Å².